The van der Waals surface area contributed by atoms with Crippen LogP contribution in [0, 0.1) is 0 Å². The number of primary amides is 1. The van der Waals surface area contributed by atoms with Gasteiger partial charge in [0.1, 0.15) is 0 Å². The van der Waals surface area contributed by atoms with Gasteiger partial charge in [0.25, 0.3) is 0 Å². The maximum atomic E-state index is 11.5. The van der Waals surface area contributed by atoms with Crippen LogP contribution in [0.3, 0.4) is 0 Å². The average molecular weight is 328 g/mol. The van der Waals surface area contributed by atoms with E-state index in [9.17, 15) is 14.7 Å². The van der Waals surface area contributed by atoms with Crippen molar-refractivity contribution in [1.29, 1.82) is 0 Å². The van der Waals surface area contributed by atoms with E-state index in [1.54, 1.807) is 30.3 Å². The SMILES string of the molecule is NC(=O)c1c(Cc2ccccc2Cl)cccc1C(=O)[O-].[K+]. The molecule has 0 bridgehead atoms. The summed E-state index contributed by atoms with van der Waals surface area (Å²) < 4.78 is 0. The molecule has 0 spiro atoms. The second kappa shape index (κ2) is 8.07. The Kier molecular flexibility index (Phi) is 7.06. The zero-order valence-electron chi connectivity index (χ0n) is 11.4. The number of hydrogen-bond acceptors (Lipinski definition) is 3. The first-order valence-electron chi connectivity index (χ1n) is 5.87. The van der Waals surface area contributed by atoms with E-state index in [2.05, 4.69) is 0 Å². The number of halogens is 1. The van der Waals surface area contributed by atoms with Crippen LogP contribution >= 0.6 is 11.6 Å². The minimum Gasteiger partial charge on any atom is -0.545 e. The molecule has 2 N–H and O–H groups in total. The molecule has 102 valence electrons. The van der Waals surface area contributed by atoms with Crippen molar-refractivity contribution < 1.29 is 66.1 Å². The zero-order valence-corrected chi connectivity index (χ0v) is 15.3. The van der Waals surface area contributed by atoms with Gasteiger partial charge >= 0.3 is 51.4 Å². The van der Waals surface area contributed by atoms with Crippen LogP contribution in [0.4, 0.5) is 0 Å². The van der Waals surface area contributed by atoms with Crippen molar-refractivity contribution >= 4 is 23.5 Å². The number of carbonyl (C=O) groups excluding carboxylic acids is 2. The predicted molar refractivity (Wildman–Crippen MR) is 73.5 cm³/mol. The quantitative estimate of drug-likeness (QED) is 0.686. The third kappa shape index (κ3) is 4.39. The van der Waals surface area contributed by atoms with Gasteiger partial charge in [-0.15, -0.1) is 0 Å². The van der Waals surface area contributed by atoms with E-state index < -0.39 is 11.9 Å². The third-order valence-electron chi connectivity index (χ3n) is 2.96. The Morgan fingerprint density at radius 2 is 1.67 bits per heavy atom. The number of aromatic carboxylic acids is 1. The van der Waals surface area contributed by atoms with Crippen LogP contribution in [0.25, 0.3) is 0 Å². The summed E-state index contributed by atoms with van der Waals surface area (Å²) in [6.07, 6.45) is 0.319. The van der Waals surface area contributed by atoms with E-state index in [0.717, 1.165) is 5.56 Å². The van der Waals surface area contributed by atoms with Crippen molar-refractivity contribution in [3.05, 3.63) is 69.7 Å². The molecular weight excluding hydrogens is 317 g/mol. The van der Waals surface area contributed by atoms with Crippen molar-refractivity contribution in [2.75, 3.05) is 0 Å². The first-order valence-corrected chi connectivity index (χ1v) is 6.25. The van der Waals surface area contributed by atoms with Gasteiger partial charge in [-0.2, -0.15) is 0 Å². The standard InChI is InChI=1S/C15H12ClNO3.K/c16-12-7-2-1-4-9(12)8-10-5-3-6-11(15(19)20)13(10)14(17)18;/h1-7H,8H2,(H2,17,18)(H,19,20);/q;+1/p-1. The van der Waals surface area contributed by atoms with Crippen LogP contribution in [-0.4, -0.2) is 11.9 Å². The van der Waals surface area contributed by atoms with E-state index in [0.29, 0.717) is 17.0 Å². The molecule has 2 aromatic rings. The first-order chi connectivity index (χ1) is 9.50. The topological polar surface area (TPSA) is 83.2 Å². The molecule has 0 saturated heterocycles. The molecule has 1 amide bonds. The molecule has 0 aliphatic heterocycles. The number of carboxylic acid groups (broad SMARTS) is 1. The van der Waals surface area contributed by atoms with Crippen LogP contribution in [0.1, 0.15) is 31.8 Å². The largest absolute Gasteiger partial charge is 1.00 e. The summed E-state index contributed by atoms with van der Waals surface area (Å²) in [5.41, 5.74) is 6.33. The van der Waals surface area contributed by atoms with Gasteiger partial charge in [0, 0.05) is 10.6 Å². The Morgan fingerprint density at radius 1 is 1.05 bits per heavy atom. The Balaban J connectivity index is 0.00000220. The molecule has 0 radical (unpaired) electrons. The van der Waals surface area contributed by atoms with Crippen molar-refractivity contribution in [1.82, 2.24) is 0 Å². The Morgan fingerprint density at radius 3 is 2.24 bits per heavy atom. The molecule has 2 rings (SSSR count). The van der Waals surface area contributed by atoms with Gasteiger partial charge in [0.2, 0.25) is 5.91 Å². The van der Waals surface area contributed by atoms with Gasteiger partial charge in [0.15, 0.2) is 0 Å². The second-order valence-corrected chi connectivity index (χ2v) is 4.67. The molecule has 0 fully saturated rings. The molecule has 0 saturated carbocycles. The van der Waals surface area contributed by atoms with E-state index in [4.69, 9.17) is 17.3 Å². The summed E-state index contributed by atoms with van der Waals surface area (Å²) >= 11 is 6.06. The fourth-order valence-corrected chi connectivity index (χ4v) is 2.26. The van der Waals surface area contributed by atoms with Crippen LogP contribution < -0.4 is 62.2 Å². The molecule has 6 heteroatoms. The molecule has 0 unspecified atom stereocenters. The number of amides is 1. The Hall–Kier alpha value is -0.694. The van der Waals surface area contributed by atoms with E-state index in [1.807, 2.05) is 6.07 Å². The molecular formula is C15H11ClKNO3. The summed E-state index contributed by atoms with van der Waals surface area (Å²) in [7, 11) is 0. The average Bonchev–Trinajstić information content (AvgIpc) is 2.40. The van der Waals surface area contributed by atoms with Crippen molar-refractivity contribution in [3.8, 4) is 0 Å². The van der Waals surface area contributed by atoms with Crippen molar-refractivity contribution in [3.63, 3.8) is 0 Å². The molecule has 0 atom stereocenters. The Labute approximate surface area is 169 Å². The summed E-state index contributed by atoms with van der Waals surface area (Å²) in [6, 6.07) is 11.6. The second-order valence-electron chi connectivity index (χ2n) is 4.26. The minimum absolute atomic E-state index is 0. The molecule has 0 heterocycles. The van der Waals surface area contributed by atoms with Gasteiger partial charge in [-0.05, 0) is 23.6 Å². The van der Waals surface area contributed by atoms with Gasteiger partial charge in [0.05, 0.1) is 11.5 Å². The normalized spacial score (nSPS) is 9.76. The predicted octanol–water partition coefficient (Wildman–Crippen LogP) is -1.60. The van der Waals surface area contributed by atoms with E-state index in [-0.39, 0.29) is 62.5 Å². The fourth-order valence-electron chi connectivity index (χ4n) is 2.06. The zero-order chi connectivity index (χ0) is 14.7. The summed E-state index contributed by atoms with van der Waals surface area (Å²) in [4.78, 5) is 22.6. The molecule has 0 aromatic heterocycles. The number of carbonyl (C=O) groups is 2. The van der Waals surface area contributed by atoms with Crippen LogP contribution in [0.5, 0.6) is 0 Å². The maximum absolute atomic E-state index is 11.5. The van der Waals surface area contributed by atoms with E-state index >= 15 is 0 Å². The number of hydrogen-bond donors (Lipinski definition) is 1. The Bertz CT molecular complexity index is 688. The molecule has 0 aliphatic rings. The van der Waals surface area contributed by atoms with E-state index in [1.165, 1.54) is 6.07 Å². The fraction of sp³-hybridized carbons (Fsp3) is 0.0667. The summed E-state index contributed by atoms with van der Waals surface area (Å²) in [5.74, 6) is -2.23. The minimum atomic E-state index is -1.43. The molecule has 21 heavy (non-hydrogen) atoms. The number of nitrogens with two attached hydrogens (primary N) is 1. The monoisotopic (exact) mass is 327 g/mol. The van der Waals surface area contributed by atoms with Crippen molar-refractivity contribution in [2.45, 2.75) is 6.42 Å². The molecule has 2 aromatic carbocycles. The van der Waals surface area contributed by atoms with Gasteiger partial charge in [-0.25, -0.2) is 0 Å². The first kappa shape index (κ1) is 18.4. The molecule has 4 nitrogen and oxygen atoms in total. The smallest absolute Gasteiger partial charge is 0.545 e. The van der Waals surface area contributed by atoms with Gasteiger partial charge < -0.3 is 15.6 Å². The summed E-state index contributed by atoms with van der Waals surface area (Å²) in [6.45, 7) is 0. The van der Waals surface area contributed by atoms with Crippen LogP contribution in [-0.2, 0) is 6.42 Å². The number of rotatable bonds is 4. The number of carboxylic acids is 1. The van der Waals surface area contributed by atoms with Crippen molar-refractivity contribution in [2.24, 2.45) is 5.73 Å². The number of benzene rings is 2. The molecule has 0 aliphatic carbocycles. The van der Waals surface area contributed by atoms with Crippen LogP contribution in [0.2, 0.25) is 5.02 Å². The van der Waals surface area contributed by atoms with Gasteiger partial charge in [-0.3, -0.25) is 4.79 Å². The maximum Gasteiger partial charge on any atom is 1.00 e. The third-order valence-corrected chi connectivity index (χ3v) is 3.32. The summed E-state index contributed by atoms with van der Waals surface area (Å²) in [5, 5.41) is 11.6. The van der Waals surface area contributed by atoms with Crippen LogP contribution in [0.15, 0.2) is 42.5 Å². The van der Waals surface area contributed by atoms with Gasteiger partial charge in [-0.1, -0.05) is 48.0 Å².